The van der Waals surface area contributed by atoms with Crippen molar-refractivity contribution < 1.29 is 9.47 Å². The Morgan fingerprint density at radius 1 is 0.686 bits per heavy atom. The van der Waals surface area contributed by atoms with E-state index in [9.17, 15) is 0 Å². The summed E-state index contributed by atoms with van der Waals surface area (Å²) < 4.78 is 12.8. The van der Waals surface area contributed by atoms with Gasteiger partial charge in [-0.2, -0.15) is 0 Å². The number of methoxy groups -OCH3 is 1. The maximum absolute atomic E-state index is 6.38. The highest BCUT2D eigenvalue weighted by molar-refractivity contribution is 9.10. The molecule has 0 bridgehead atoms. The number of hydrogen-bond acceptors (Lipinski definition) is 2. The van der Waals surface area contributed by atoms with Gasteiger partial charge in [0.05, 0.1) is 0 Å². The summed E-state index contributed by atoms with van der Waals surface area (Å²) in [5, 5.41) is 0. The lowest BCUT2D eigenvalue weighted by atomic mass is 9.71. The van der Waals surface area contributed by atoms with Gasteiger partial charge in [-0.15, -0.1) is 0 Å². The Kier molecular flexibility index (Phi) is 7.49. The Morgan fingerprint density at radius 3 is 1.69 bits per heavy atom. The largest absolute Gasteiger partial charge is 0.467 e. The van der Waals surface area contributed by atoms with E-state index in [2.05, 4.69) is 135 Å². The van der Waals surface area contributed by atoms with Crippen LogP contribution in [-0.2, 0) is 15.6 Å². The molecule has 0 aliphatic heterocycles. The normalized spacial score (nSPS) is 11.9. The molecule has 0 unspecified atom stereocenters. The zero-order chi connectivity index (χ0) is 25.1. The van der Waals surface area contributed by atoms with Gasteiger partial charge in [-0.3, -0.25) is 0 Å². The number of halogens is 1. The van der Waals surface area contributed by atoms with Crippen molar-refractivity contribution in [1.82, 2.24) is 0 Å². The second-order valence-corrected chi connectivity index (χ2v) is 10.7. The highest BCUT2D eigenvalue weighted by Gasteiger charge is 2.36. The van der Waals surface area contributed by atoms with Gasteiger partial charge in [-0.05, 0) is 28.3 Å². The van der Waals surface area contributed by atoms with Gasteiger partial charge in [0.25, 0.3) is 0 Å². The second-order valence-electron chi connectivity index (χ2n) is 9.89. The topological polar surface area (TPSA) is 18.5 Å². The SMILES string of the molecule is COCOc1c(-c2ccccc2)cc(C(C)(C)c2ccccc2)c(Br)c1C(C)(C)c1ccccc1. The maximum Gasteiger partial charge on any atom is 0.188 e. The minimum absolute atomic E-state index is 0.172. The summed E-state index contributed by atoms with van der Waals surface area (Å²) in [4.78, 5) is 0. The van der Waals surface area contributed by atoms with Gasteiger partial charge >= 0.3 is 0 Å². The number of benzene rings is 4. The third kappa shape index (κ3) is 4.94. The second kappa shape index (κ2) is 10.4. The minimum atomic E-state index is -0.338. The van der Waals surface area contributed by atoms with Gasteiger partial charge in [0, 0.05) is 33.5 Å². The Labute approximate surface area is 218 Å². The van der Waals surface area contributed by atoms with Crippen molar-refractivity contribution in [1.29, 1.82) is 0 Å². The standard InChI is InChI=1S/C32H33BrO2/c1-31(2,24-17-11-7-12-18-24)27-21-26(23-15-9-6-10-16-23)30(35-22-34-5)28(29(27)33)32(3,4)25-19-13-8-14-20-25/h6-21H,22H2,1-5H3. The fourth-order valence-electron chi connectivity index (χ4n) is 4.76. The first kappa shape index (κ1) is 25.2. The number of ether oxygens (including phenoxy) is 2. The molecule has 0 aromatic heterocycles. The molecule has 4 rings (SSSR count). The van der Waals surface area contributed by atoms with Gasteiger partial charge in [-0.25, -0.2) is 0 Å². The summed E-state index contributed by atoms with van der Waals surface area (Å²) in [5.41, 5.74) is 6.39. The minimum Gasteiger partial charge on any atom is -0.467 e. The van der Waals surface area contributed by atoms with Crippen molar-refractivity contribution in [3.63, 3.8) is 0 Å². The average Bonchev–Trinajstić information content (AvgIpc) is 2.88. The van der Waals surface area contributed by atoms with Crippen molar-refractivity contribution >= 4 is 15.9 Å². The Morgan fingerprint density at radius 2 is 1.17 bits per heavy atom. The van der Waals surface area contributed by atoms with E-state index in [1.807, 2.05) is 6.07 Å². The van der Waals surface area contributed by atoms with E-state index >= 15 is 0 Å². The Hall–Kier alpha value is -2.88. The van der Waals surface area contributed by atoms with Crippen LogP contribution in [-0.4, -0.2) is 13.9 Å². The molecule has 2 nitrogen and oxygen atoms in total. The molecular formula is C32H33BrO2. The zero-order valence-corrected chi connectivity index (χ0v) is 22.7. The van der Waals surface area contributed by atoms with Gasteiger partial charge in [0.1, 0.15) is 5.75 Å². The first-order valence-corrected chi connectivity index (χ1v) is 12.7. The maximum atomic E-state index is 6.38. The summed E-state index contributed by atoms with van der Waals surface area (Å²) in [6, 6.07) is 34.0. The average molecular weight is 530 g/mol. The number of rotatable bonds is 8. The van der Waals surface area contributed by atoms with Crippen LogP contribution >= 0.6 is 15.9 Å². The van der Waals surface area contributed by atoms with E-state index in [1.54, 1.807) is 7.11 Å². The van der Waals surface area contributed by atoms with E-state index in [1.165, 1.54) is 16.7 Å². The molecule has 0 amide bonds. The van der Waals surface area contributed by atoms with E-state index in [0.717, 1.165) is 26.9 Å². The smallest absolute Gasteiger partial charge is 0.188 e. The molecule has 3 heteroatoms. The Bertz CT molecular complexity index is 1260. The first-order valence-electron chi connectivity index (χ1n) is 11.9. The van der Waals surface area contributed by atoms with Crippen molar-refractivity contribution in [2.75, 3.05) is 13.9 Å². The van der Waals surface area contributed by atoms with Crippen molar-refractivity contribution in [2.24, 2.45) is 0 Å². The molecule has 0 fully saturated rings. The van der Waals surface area contributed by atoms with E-state index in [0.29, 0.717) is 0 Å². The number of hydrogen-bond donors (Lipinski definition) is 0. The van der Waals surface area contributed by atoms with E-state index < -0.39 is 0 Å². The van der Waals surface area contributed by atoms with Crippen LogP contribution in [0, 0.1) is 0 Å². The highest BCUT2D eigenvalue weighted by Crippen LogP contribution is 2.51. The zero-order valence-electron chi connectivity index (χ0n) is 21.1. The molecule has 0 saturated heterocycles. The summed E-state index contributed by atoms with van der Waals surface area (Å²) in [5.74, 6) is 0.839. The highest BCUT2D eigenvalue weighted by atomic mass is 79.9. The molecule has 0 radical (unpaired) electrons. The predicted molar refractivity (Wildman–Crippen MR) is 149 cm³/mol. The fourth-order valence-corrected chi connectivity index (χ4v) is 6.05. The molecule has 0 spiro atoms. The van der Waals surface area contributed by atoms with E-state index in [-0.39, 0.29) is 17.6 Å². The van der Waals surface area contributed by atoms with Crippen LogP contribution in [0.3, 0.4) is 0 Å². The molecule has 0 saturated carbocycles. The van der Waals surface area contributed by atoms with Gasteiger partial charge in [0.15, 0.2) is 6.79 Å². The van der Waals surface area contributed by atoms with Crippen molar-refractivity contribution in [3.8, 4) is 16.9 Å². The third-order valence-corrected chi connectivity index (χ3v) is 7.74. The molecule has 0 heterocycles. The summed E-state index contributed by atoms with van der Waals surface area (Å²) in [6.45, 7) is 9.26. The lowest BCUT2D eigenvalue weighted by Gasteiger charge is -2.35. The monoisotopic (exact) mass is 528 g/mol. The summed E-state index contributed by atoms with van der Waals surface area (Å²) in [7, 11) is 1.66. The van der Waals surface area contributed by atoms with Crippen LogP contribution in [0.4, 0.5) is 0 Å². The molecule has 0 atom stereocenters. The van der Waals surface area contributed by atoms with Gasteiger partial charge in [0.2, 0.25) is 0 Å². The lowest BCUT2D eigenvalue weighted by molar-refractivity contribution is 0.0502. The molecule has 0 N–H and O–H groups in total. The predicted octanol–water partition coefficient (Wildman–Crippen LogP) is 8.75. The quantitative estimate of drug-likeness (QED) is 0.213. The molecule has 4 aromatic rings. The molecule has 0 aliphatic rings. The lowest BCUT2D eigenvalue weighted by Crippen LogP contribution is -2.26. The van der Waals surface area contributed by atoms with Crippen LogP contribution in [0.2, 0.25) is 0 Å². The molecule has 0 aliphatic carbocycles. The van der Waals surface area contributed by atoms with Crippen LogP contribution in [0.25, 0.3) is 11.1 Å². The molecule has 35 heavy (non-hydrogen) atoms. The van der Waals surface area contributed by atoms with Gasteiger partial charge < -0.3 is 9.47 Å². The van der Waals surface area contributed by atoms with Crippen LogP contribution in [0.1, 0.15) is 49.9 Å². The van der Waals surface area contributed by atoms with Crippen LogP contribution in [0.15, 0.2) is 102 Å². The summed E-state index contributed by atoms with van der Waals surface area (Å²) >= 11 is 4.08. The van der Waals surface area contributed by atoms with E-state index in [4.69, 9.17) is 9.47 Å². The molecule has 180 valence electrons. The van der Waals surface area contributed by atoms with Gasteiger partial charge in [-0.1, -0.05) is 135 Å². The fraction of sp³-hybridized carbons (Fsp3) is 0.250. The third-order valence-electron chi connectivity index (χ3n) is 6.91. The molecular weight excluding hydrogens is 496 g/mol. The molecule has 4 aromatic carbocycles. The van der Waals surface area contributed by atoms with Crippen molar-refractivity contribution in [3.05, 3.63) is 124 Å². The van der Waals surface area contributed by atoms with Crippen LogP contribution in [0.5, 0.6) is 5.75 Å². The summed E-state index contributed by atoms with van der Waals surface area (Å²) in [6.07, 6.45) is 0. The Balaban J connectivity index is 2.09. The van der Waals surface area contributed by atoms with Crippen LogP contribution < -0.4 is 4.74 Å². The van der Waals surface area contributed by atoms with Crippen molar-refractivity contribution in [2.45, 2.75) is 38.5 Å². The first-order chi connectivity index (χ1) is 16.8.